The third-order valence-corrected chi connectivity index (χ3v) is 7.95. The number of hydrogen-bond acceptors (Lipinski definition) is 7. The summed E-state index contributed by atoms with van der Waals surface area (Å²) in [4.78, 5) is 11.3. The van der Waals surface area contributed by atoms with Crippen LogP contribution in [0.4, 0.5) is 8.78 Å². The number of alkyl halides is 2. The summed E-state index contributed by atoms with van der Waals surface area (Å²) in [6, 6.07) is 14.9. The second-order valence-electron chi connectivity index (χ2n) is 10.2. The molecule has 1 aromatic heterocycles. The van der Waals surface area contributed by atoms with Crippen molar-refractivity contribution in [1.82, 2.24) is 15.8 Å². The summed E-state index contributed by atoms with van der Waals surface area (Å²) < 4.78 is 44.2. The molecule has 2 atom stereocenters. The molecule has 1 amide bonds. The zero-order chi connectivity index (χ0) is 29.5. The van der Waals surface area contributed by atoms with E-state index in [2.05, 4.69) is 31.7 Å². The number of ether oxygens (including phenoxy) is 2. The molecule has 8 nitrogen and oxygen atoms in total. The van der Waals surface area contributed by atoms with E-state index >= 15 is 0 Å². The normalized spacial score (nSPS) is 19.3. The third-order valence-electron chi connectivity index (χ3n) is 7.18. The molecular formula is C30H36BrF2N3O5. The molecule has 222 valence electrons. The minimum atomic E-state index is -3.05. The van der Waals surface area contributed by atoms with Crippen molar-refractivity contribution in [1.29, 1.82) is 0 Å². The van der Waals surface area contributed by atoms with Gasteiger partial charge in [-0.05, 0) is 58.9 Å². The Morgan fingerprint density at radius 2 is 1.95 bits per heavy atom. The Hall–Kier alpha value is -2.70. The van der Waals surface area contributed by atoms with E-state index in [4.69, 9.17) is 14.0 Å². The summed E-state index contributed by atoms with van der Waals surface area (Å²) in [6.07, 6.45) is 1.06. The predicted molar refractivity (Wildman–Crippen MR) is 154 cm³/mol. The minimum Gasteiger partial charge on any atom is -0.384 e. The zero-order valence-corrected chi connectivity index (χ0v) is 24.8. The number of aliphatic hydroxyl groups is 1. The summed E-state index contributed by atoms with van der Waals surface area (Å²) in [7, 11) is 0. The second-order valence-corrected chi connectivity index (χ2v) is 11.0. The largest absolute Gasteiger partial charge is 0.384 e. The lowest BCUT2D eigenvalue weighted by Crippen LogP contribution is -2.46. The van der Waals surface area contributed by atoms with Gasteiger partial charge in [-0.1, -0.05) is 53.7 Å². The molecule has 3 aromatic rings. The topological polar surface area (TPSA) is 106 Å². The highest BCUT2D eigenvalue weighted by molar-refractivity contribution is 9.10. The number of piperidine rings is 1. The quantitative estimate of drug-likeness (QED) is 0.244. The van der Waals surface area contributed by atoms with Gasteiger partial charge in [-0.25, -0.2) is 8.78 Å². The lowest BCUT2D eigenvalue weighted by atomic mass is 9.74. The highest BCUT2D eigenvalue weighted by Gasteiger charge is 2.44. The first-order chi connectivity index (χ1) is 19.6. The van der Waals surface area contributed by atoms with E-state index in [0.29, 0.717) is 54.0 Å². The number of aromatic nitrogens is 1. The number of nitrogens with one attached hydrogen (secondary N) is 2. The molecule has 2 aromatic carbocycles. The van der Waals surface area contributed by atoms with Crippen molar-refractivity contribution in [3.63, 3.8) is 0 Å². The maximum absolute atomic E-state index is 13.8. The average molecular weight is 637 g/mol. The summed E-state index contributed by atoms with van der Waals surface area (Å²) >= 11 is 3.69. The van der Waals surface area contributed by atoms with E-state index in [1.54, 1.807) is 19.1 Å². The van der Waals surface area contributed by atoms with E-state index in [0.717, 1.165) is 16.7 Å². The van der Waals surface area contributed by atoms with Crippen LogP contribution in [0.3, 0.4) is 0 Å². The number of carbonyl (C=O) groups is 1. The van der Waals surface area contributed by atoms with Gasteiger partial charge in [-0.15, -0.1) is 0 Å². The Labute approximate surface area is 246 Å². The van der Waals surface area contributed by atoms with Gasteiger partial charge >= 0.3 is 0 Å². The molecule has 1 fully saturated rings. The van der Waals surface area contributed by atoms with Crippen LogP contribution in [0, 0.1) is 0 Å². The van der Waals surface area contributed by atoms with E-state index in [9.17, 15) is 18.7 Å². The van der Waals surface area contributed by atoms with Crippen LogP contribution >= 0.6 is 15.9 Å². The van der Waals surface area contributed by atoms with Gasteiger partial charge in [-0.3, -0.25) is 4.79 Å². The molecule has 0 saturated carbocycles. The van der Waals surface area contributed by atoms with Crippen LogP contribution in [0.15, 0.2) is 57.5 Å². The van der Waals surface area contributed by atoms with Crippen LogP contribution in [0.5, 0.6) is 0 Å². The predicted octanol–water partition coefficient (Wildman–Crippen LogP) is 4.94. The molecule has 2 heterocycles. The van der Waals surface area contributed by atoms with Gasteiger partial charge in [0.15, 0.2) is 5.76 Å². The van der Waals surface area contributed by atoms with Gasteiger partial charge in [0.25, 0.3) is 5.92 Å². The third kappa shape index (κ3) is 7.78. The molecule has 0 unspecified atom stereocenters. The Morgan fingerprint density at radius 3 is 2.68 bits per heavy atom. The molecule has 1 aliphatic rings. The molecule has 41 heavy (non-hydrogen) atoms. The summed E-state index contributed by atoms with van der Waals surface area (Å²) in [5.74, 6) is -3.01. The number of halogens is 3. The van der Waals surface area contributed by atoms with E-state index in [1.807, 2.05) is 36.4 Å². The molecule has 4 rings (SSSR count). The lowest BCUT2D eigenvalue weighted by Gasteiger charge is -2.40. The molecule has 0 aliphatic carbocycles. The van der Waals surface area contributed by atoms with Crippen molar-refractivity contribution in [2.45, 2.75) is 50.7 Å². The summed E-state index contributed by atoms with van der Waals surface area (Å²) in [5.41, 5.74) is 2.62. The number of amides is 1. The number of hydrogen-bond donors (Lipinski definition) is 3. The van der Waals surface area contributed by atoms with Crippen LogP contribution in [0.1, 0.15) is 48.6 Å². The van der Waals surface area contributed by atoms with Crippen LogP contribution in [0.2, 0.25) is 0 Å². The van der Waals surface area contributed by atoms with Gasteiger partial charge in [-0.2, -0.15) is 0 Å². The van der Waals surface area contributed by atoms with Gasteiger partial charge in [0.2, 0.25) is 5.91 Å². The number of rotatable bonds is 13. The molecule has 1 saturated heterocycles. The van der Waals surface area contributed by atoms with Crippen molar-refractivity contribution in [2.75, 3.05) is 39.5 Å². The van der Waals surface area contributed by atoms with Crippen molar-refractivity contribution >= 4 is 21.8 Å². The zero-order valence-electron chi connectivity index (χ0n) is 23.2. The van der Waals surface area contributed by atoms with Crippen LogP contribution in [-0.2, 0) is 32.9 Å². The van der Waals surface area contributed by atoms with Crippen molar-refractivity contribution < 1.29 is 32.7 Å². The fourth-order valence-corrected chi connectivity index (χ4v) is 5.68. The summed E-state index contributed by atoms with van der Waals surface area (Å²) in [5, 5.41) is 22.6. The molecule has 0 radical (unpaired) electrons. The van der Waals surface area contributed by atoms with Gasteiger partial charge in [0.05, 0.1) is 17.0 Å². The fraction of sp³-hybridized carbons (Fsp3) is 0.467. The van der Waals surface area contributed by atoms with Gasteiger partial charge in [0, 0.05) is 32.2 Å². The summed E-state index contributed by atoms with van der Waals surface area (Å²) in [6.45, 7) is 3.56. The van der Waals surface area contributed by atoms with Gasteiger partial charge < -0.3 is 29.7 Å². The number of benzene rings is 2. The van der Waals surface area contributed by atoms with Crippen LogP contribution < -0.4 is 10.6 Å². The minimum absolute atomic E-state index is 0.0188. The Balaban J connectivity index is 1.51. The molecule has 11 heteroatoms. The highest BCUT2D eigenvalue weighted by atomic mass is 79.9. The number of carbonyl (C=O) groups excluding carboxylic acids is 1. The molecule has 0 bridgehead atoms. The average Bonchev–Trinajstić information content (AvgIpc) is 3.33. The molecule has 0 spiro atoms. The number of nitrogens with zero attached hydrogens (tertiary/aromatic N) is 1. The van der Waals surface area contributed by atoms with Crippen LogP contribution in [-0.4, -0.2) is 61.5 Å². The van der Waals surface area contributed by atoms with E-state index < -0.39 is 30.7 Å². The maximum atomic E-state index is 13.8. The van der Waals surface area contributed by atoms with Crippen LogP contribution in [0.25, 0.3) is 11.3 Å². The Kier molecular flexibility index (Phi) is 10.6. The molecule has 3 N–H and O–H groups in total. The van der Waals surface area contributed by atoms with Crippen molar-refractivity contribution in [2.24, 2.45) is 0 Å². The highest BCUT2D eigenvalue weighted by Crippen LogP contribution is 2.45. The first kappa shape index (κ1) is 31.2. The monoisotopic (exact) mass is 635 g/mol. The maximum Gasteiger partial charge on any atom is 0.293 e. The standard InChI is InChI=1S/C30H36BrF2N3O5/c1-3-39-18-29(32,33)19-40-17-21-8-10-23(11-9-21)30(38)13-15-34-16-25(30)27-26(31)28(41-36-27)24-7-5-4-6-22(24)12-14-35-20(2)37/h4-11,25,34,38H,3,12-19H2,1-2H3,(H,35,37)/t25-,30+/m1/s1. The smallest absolute Gasteiger partial charge is 0.293 e. The van der Waals surface area contributed by atoms with Gasteiger partial charge in [0.1, 0.15) is 24.5 Å². The van der Waals surface area contributed by atoms with Crippen molar-refractivity contribution in [3.05, 3.63) is 75.4 Å². The SMILES string of the molecule is CCOCC(F)(F)COCc1ccc([C@@]2(O)CCNC[C@@H]2c2noc(-c3ccccc3CCNC(C)=O)c2Br)cc1. The molecule has 1 aliphatic heterocycles. The molecular weight excluding hydrogens is 600 g/mol. The first-order valence-corrected chi connectivity index (χ1v) is 14.5. The Bertz CT molecular complexity index is 1300. The Morgan fingerprint density at radius 1 is 1.22 bits per heavy atom. The van der Waals surface area contributed by atoms with Crippen molar-refractivity contribution in [3.8, 4) is 11.3 Å². The van der Waals surface area contributed by atoms with E-state index in [-0.39, 0.29) is 19.1 Å². The van der Waals surface area contributed by atoms with E-state index in [1.165, 1.54) is 6.92 Å². The second kappa shape index (κ2) is 14.0. The first-order valence-electron chi connectivity index (χ1n) is 13.7. The lowest BCUT2D eigenvalue weighted by molar-refractivity contribution is -0.125. The fourth-order valence-electron chi connectivity index (χ4n) is 5.05.